The number of benzene rings is 2. The van der Waals surface area contributed by atoms with Gasteiger partial charge in [-0.15, -0.1) is 0 Å². The lowest BCUT2D eigenvalue weighted by Gasteiger charge is -2.32. The van der Waals surface area contributed by atoms with Crippen LogP contribution >= 0.6 is 0 Å². The first-order valence-corrected chi connectivity index (χ1v) is 10.6. The Morgan fingerprint density at radius 3 is 2.21 bits per heavy atom. The number of likely N-dealkylation sites (N-methyl/N-ethyl adjacent to an activating group) is 1. The van der Waals surface area contributed by atoms with Gasteiger partial charge in [0.25, 0.3) is 0 Å². The molecule has 2 aromatic carbocycles. The number of nitrogens with one attached hydrogen (secondary N) is 1. The average Bonchev–Trinajstić information content (AvgIpc) is 2.74. The van der Waals surface area contributed by atoms with Crippen molar-refractivity contribution in [3.63, 3.8) is 0 Å². The van der Waals surface area contributed by atoms with Crippen molar-refractivity contribution in [2.45, 2.75) is 32.9 Å². The number of carbonyl (C=O) groups excluding carboxylic acids is 1. The molecule has 2 aromatic rings. The van der Waals surface area contributed by atoms with Crippen LogP contribution in [0.5, 0.6) is 5.75 Å². The Labute approximate surface area is 174 Å². The molecule has 29 heavy (non-hydrogen) atoms. The highest BCUT2D eigenvalue weighted by atomic mass is 16.5. The summed E-state index contributed by atoms with van der Waals surface area (Å²) in [5.74, 6) is 0.956. The topological polar surface area (TPSA) is 44.8 Å². The van der Waals surface area contributed by atoms with Gasteiger partial charge in [-0.1, -0.05) is 36.4 Å². The van der Waals surface area contributed by atoms with E-state index in [-0.39, 0.29) is 5.91 Å². The van der Waals surface area contributed by atoms with E-state index in [2.05, 4.69) is 46.4 Å². The Kier molecular flexibility index (Phi) is 8.08. The predicted molar refractivity (Wildman–Crippen MR) is 117 cm³/mol. The minimum absolute atomic E-state index is 0.0837. The Hall–Kier alpha value is -2.37. The molecule has 156 valence electrons. The van der Waals surface area contributed by atoms with Gasteiger partial charge in [-0.05, 0) is 49.2 Å². The standard InChI is InChI=1S/C24H33N3O2/c1-3-29-23-11-8-20(9-12-23)10-13-24(28)25-18-21-4-6-22(7-5-21)19-27-16-14-26(2)15-17-27/h4-9,11-12H,3,10,13-19H2,1-2H3,(H,25,28). The van der Waals surface area contributed by atoms with Crippen LogP contribution in [0, 0.1) is 0 Å². The maximum absolute atomic E-state index is 12.2. The molecule has 1 N–H and O–H groups in total. The summed E-state index contributed by atoms with van der Waals surface area (Å²) in [7, 11) is 2.18. The SMILES string of the molecule is CCOc1ccc(CCC(=O)NCc2ccc(CN3CCN(C)CC3)cc2)cc1. The molecule has 0 atom stereocenters. The zero-order valence-electron chi connectivity index (χ0n) is 17.7. The van der Waals surface area contributed by atoms with Crippen molar-refractivity contribution in [3.8, 4) is 5.75 Å². The van der Waals surface area contributed by atoms with E-state index in [1.54, 1.807) is 0 Å². The first-order chi connectivity index (χ1) is 14.1. The molecular weight excluding hydrogens is 362 g/mol. The van der Waals surface area contributed by atoms with Crippen LogP contribution in [0.4, 0.5) is 0 Å². The van der Waals surface area contributed by atoms with Gasteiger partial charge in [-0.2, -0.15) is 0 Å². The number of amides is 1. The van der Waals surface area contributed by atoms with Crippen LogP contribution in [-0.2, 0) is 24.3 Å². The molecule has 1 fully saturated rings. The van der Waals surface area contributed by atoms with E-state index in [0.717, 1.165) is 56.0 Å². The second-order valence-corrected chi connectivity index (χ2v) is 7.75. The summed E-state index contributed by atoms with van der Waals surface area (Å²) >= 11 is 0. The number of nitrogens with zero attached hydrogens (tertiary/aromatic N) is 2. The molecule has 1 aliphatic rings. The van der Waals surface area contributed by atoms with E-state index in [9.17, 15) is 4.79 Å². The molecule has 1 amide bonds. The Morgan fingerprint density at radius 1 is 0.931 bits per heavy atom. The number of hydrogen-bond donors (Lipinski definition) is 1. The number of aryl methyl sites for hydroxylation is 1. The molecule has 0 aromatic heterocycles. The highest BCUT2D eigenvalue weighted by Crippen LogP contribution is 2.13. The first-order valence-electron chi connectivity index (χ1n) is 10.6. The van der Waals surface area contributed by atoms with Gasteiger partial charge >= 0.3 is 0 Å². The van der Waals surface area contributed by atoms with Crippen LogP contribution in [0.25, 0.3) is 0 Å². The van der Waals surface area contributed by atoms with Gasteiger partial charge < -0.3 is 15.0 Å². The van der Waals surface area contributed by atoms with Crippen molar-refractivity contribution >= 4 is 5.91 Å². The molecule has 1 heterocycles. The van der Waals surface area contributed by atoms with Crippen LogP contribution in [0.2, 0.25) is 0 Å². The van der Waals surface area contributed by atoms with E-state index in [1.165, 1.54) is 5.56 Å². The third kappa shape index (κ3) is 7.18. The summed E-state index contributed by atoms with van der Waals surface area (Å²) in [6.07, 6.45) is 1.23. The fourth-order valence-electron chi connectivity index (χ4n) is 3.49. The van der Waals surface area contributed by atoms with E-state index >= 15 is 0 Å². The minimum Gasteiger partial charge on any atom is -0.494 e. The molecule has 0 spiro atoms. The van der Waals surface area contributed by atoms with Gasteiger partial charge in [0.2, 0.25) is 5.91 Å². The van der Waals surface area contributed by atoms with Crippen molar-refractivity contribution in [2.24, 2.45) is 0 Å². The van der Waals surface area contributed by atoms with Gasteiger partial charge in [0.15, 0.2) is 0 Å². The van der Waals surface area contributed by atoms with Crippen molar-refractivity contribution in [1.82, 2.24) is 15.1 Å². The predicted octanol–water partition coefficient (Wildman–Crippen LogP) is 3.08. The molecule has 0 aliphatic carbocycles. The molecule has 0 bridgehead atoms. The van der Waals surface area contributed by atoms with E-state index in [4.69, 9.17) is 4.74 Å². The summed E-state index contributed by atoms with van der Waals surface area (Å²) in [4.78, 5) is 17.0. The van der Waals surface area contributed by atoms with Crippen LogP contribution in [0.1, 0.15) is 30.0 Å². The largest absolute Gasteiger partial charge is 0.494 e. The first kappa shape index (κ1) is 21.3. The molecule has 0 unspecified atom stereocenters. The molecular formula is C24H33N3O2. The van der Waals surface area contributed by atoms with E-state index in [0.29, 0.717) is 19.6 Å². The zero-order chi connectivity index (χ0) is 20.5. The van der Waals surface area contributed by atoms with E-state index < -0.39 is 0 Å². The molecule has 1 saturated heterocycles. The summed E-state index contributed by atoms with van der Waals surface area (Å²) in [6.45, 7) is 8.75. The summed E-state index contributed by atoms with van der Waals surface area (Å²) < 4.78 is 5.45. The van der Waals surface area contributed by atoms with Crippen LogP contribution in [0.3, 0.4) is 0 Å². The molecule has 5 nitrogen and oxygen atoms in total. The number of carbonyl (C=O) groups is 1. The van der Waals surface area contributed by atoms with Crippen LogP contribution in [-0.4, -0.2) is 55.5 Å². The highest BCUT2D eigenvalue weighted by molar-refractivity contribution is 5.76. The lowest BCUT2D eigenvalue weighted by atomic mass is 10.1. The van der Waals surface area contributed by atoms with Gasteiger partial charge in [0, 0.05) is 45.7 Å². The normalized spacial score (nSPS) is 15.2. The molecule has 0 saturated carbocycles. The van der Waals surface area contributed by atoms with Crippen molar-refractivity contribution in [3.05, 3.63) is 65.2 Å². The monoisotopic (exact) mass is 395 g/mol. The van der Waals surface area contributed by atoms with Crippen LogP contribution in [0.15, 0.2) is 48.5 Å². The Morgan fingerprint density at radius 2 is 1.55 bits per heavy atom. The maximum Gasteiger partial charge on any atom is 0.220 e. The second kappa shape index (κ2) is 11.0. The number of rotatable bonds is 9. The minimum atomic E-state index is 0.0837. The maximum atomic E-state index is 12.2. The number of hydrogen-bond acceptors (Lipinski definition) is 4. The van der Waals surface area contributed by atoms with Crippen molar-refractivity contribution in [2.75, 3.05) is 39.8 Å². The smallest absolute Gasteiger partial charge is 0.220 e. The van der Waals surface area contributed by atoms with E-state index in [1.807, 2.05) is 31.2 Å². The summed E-state index contributed by atoms with van der Waals surface area (Å²) in [5.41, 5.74) is 3.62. The van der Waals surface area contributed by atoms with Gasteiger partial charge in [-0.25, -0.2) is 0 Å². The zero-order valence-corrected chi connectivity index (χ0v) is 17.7. The summed E-state index contributed by atoms with van der Waals surface area (Å²) in [6, 6.07) is 16.6. The van der Waals surface area contributed by atoms with Crippen molar-refractivity contribution < 1.29 is 9.53 Å². The lowest BCUT2D eigenvalue weighted by molar-refractivity contribution is -0.121. The third-order valence-corrected chi connectivity index (χ3v) is 5.39. The second-order valence-electron chi connectivity index (χ2n) is 7.75. The number of piperazine rings is 1. The van der Waals surface area contributed by atoms with Crippen molar-refractivity contribution in [1.29, 1.82) is 0 Å². The number of ether oxygens (including phenoxy) is 1. The fraction of sp³-hybridized carbons (Fsp3) is 0.458. The molecule has 0 radical (unpaired) electrons. The van der Waals surface area contributed by atoms with Gasteiger partial charge in [0.1, 0.15) is 5.75 Å². The van der Waals surface area contributed by atoms with Gasteiger partial charge in [0.05, 0.1) is 6.61 Å². The Bertz CT molecular complexity index is 751. The molecule has 5 heteroatoms. The lowest BCUT2D eigenvalue weighted by Crippen LogP contribution is -2.43. The van der Waals surface area contributed by atoms with Crippen LogP contribution < -0.4 is 10.1 Å². The molecule has 3 rings (SSSR count). The van der Waals surface area contributed by atoms with Gasteiger partial charge in [-0.3, -0.25) is 9.69 Å². The fourth-order valence-corrected chi connectivity index (χ4v) is 3.49. The molecule has 1 aliphatic heterocycles. The summed E-state index contributed by atoms with van der Waals surface area (Å²) in [5, 5.41) is 3.03. The Balaban J connectivity index is 1.37. The quantitative estimate of drug-likeness (QED) is 0.709. The average molecular weight is 396 g/mol. The highest BCUT2D eigenvalue weighted by Gasteiger charge is 2.13. The third-order valence-electron chi connectivity index (χ3n) is 5.39.